The van der Waals surface area contributed by atoms with E-state index in [0.717, 1.165) is 0 Å². The van der Waals surface area contributed by atoms with E-state index in [1.54, 1.807) is 6.92 Å². The molecule has 124 valence electrons. The molecule has 0 aliphatic heterocycles. The number of carbonyl (C=O) groups is 2. The van der Waals surface area contributed by atoms with Crippen molar-refractivity contribution in [3.63, 3.8) is 0 Å². The average molecular weight is 347 g/mol. The predicted molar refractivity (Wildman–Crippen MR) is 91.3 cm³/mol. The lowest BCUT2D eigenvalue weighted by Crippen LogP contribution is -2.20. The summed E-state index contributed by atoms with van der Waals surface area (Å²) >= 11 is 6.12. The van der Waals surface area contributed by atoms with Crippen molar-refractivity contribution < 1.29 is 14.5 Å². The lowest BCUT2D eigenvalue weighted by Gasteiger charge is -2.19. The lowest BCUT2D eigenvalue weighted by molar-refractivity contribution is -0.384. The molecular weight excluding hydrogens is 332 g/mol. The van der Waals surface area contributed by atoms with Crippen LogP contribution in [0.25, 0.3) is 0 Å². The highest BCUT2D eigenvalue weighted by Crippen LogP contribution is 2.28. The van der Waals surface area contributed by atoms with Gasteiger partial charge in [-0.1, -0.05) is 25.4 Å². The second kappa shape index (κ2) is 6.88. The molecule has 1 aromatic carbocycles. The molecule has 0 radical (unpaired) electrons. The van der Waals surface area contributed by atoms with Gasteiger partial charge in [0.25, 0.3) is 11.6 Å². The molecule has 0 saturated carbocycles. The Hall–Kier alpha value is -2.60. The van der Waals surface area contributed by atoms with Crippen LogP contribution in [-0.2, 0) is 4.79 Å². The number of allylic oxidation sites excluding steroid dienone is 4. The van der Waals surface area contributed by atoms with Crippen LogP contribution in [0.3, 0.4) is 0 Å². The normalized spacial score (nSPS) is 16.6. The maximum Gasteiger partial charge on any atom is 0.277 e. The minimum Gasteiger partial charge on any atom is -0.288 e. The Morgan fingerprint density at radius 2 is 1.83 bits per heavy atom. The van der Waals surface area contributed by atoms with Gasteiger partial charge in [0.05, 0.1) is 15.7 Å². The van der Waals surface area contributed by atoms with Crippen LogP contribution in [0, 0.1) is 16.0 Å². The highest BCUT2D eigenvalue weighted by molar-refractivity contribution is 6.49. The summed E-state index contributed by atoms with van der Waals surface area (Å²) in [7, 11) is 0. The second-order valence-corrected chi connectivity index (χ2v) is 6.02. The predicted octanol–water partition coefficient (Wildman–Crippen LogP) is 3.85. The number of benzene rings is 1. The molecule has 0 N–H and O–H groups in total. The number of hydrogen-bond acceptors (Lipinski definition) is 4. The van der Waals surface area contributed by atoms with Gasteiger partial charge in [-0.25, -0.2) is 4.99 Å². The fourth-order valence-electron chi connectivity index (χ4n) is 2.30. The zero-order valence-corrected chi connectivity index (χ0v) is 14.1. The summed E-state index contributed by atoms with van der Waals surface area (Å²) in [6, 6.07) is 5.17. The maximum atomic E-state index is 12.3. The number of hydrogen-bond donors (Lipinski definition) is 0. The number of rotatable bonds is 3. The Labute approximate surface area is 143 Å². The van der Waals surface area contributed by atoms with Crippen LogP contribution in [0.4, 0.5) is 5.69 Å². The van der Waals surface area contributed by atoms with Crippen LogP contribution in [0.5, 0.6) is 0 Å². The van der Waals surface area contributed by atoms with Gasteiger partial charge in [-0.3, -0.25) is 19.7 Å². The van der Waals surface area contributed by atoms with Crippen molar-refractivity contribution >= 4 is 34.7 Å². The standard InChI is InChI=1S/C17H15ClN2O4/c1-9(2)14-13(8-10(3)16(21)15(14)18)19-17(22)11-4-6-12(7-5-11)20(23)24/h4-9H,1-3H3. The van der Waals surface area contributed by atoms with E-state index in [1.807, 2.05) is 13.8 Å². The minimum absolute atomic E-state index is 0.0697. The van der Waals surface area contributed by atoms with Gasteiger partial charge in [-0.05, 0) is 31.1 Å². The van der Waals surface area contributed by atoms with E-state index in [0.29, 0.717) is 16.9 Å². The number of Topliss-reactive ketones (excluding diaryl/α,β-unsaturated/α-hetero) is 1. The summed E-state index contributed by atoms with van der Waals surface area (Å²) in [6.45, 7) is 5.31. The van der Waals surface area contributed by atoms with E-state index in [-0.39, 0.29) is 28.0 Å². The molecule has 2 rings (SSSR count). The van der Waals surface area contributed by atoms with Gasteiger partial charge in [0.1, 0.15) is 0 Å². The largest absolute Gasteiger partial charge is 0.288 e. The van der Waals surface area contributed by atoms with Crippen LogP contribution < -0.4 is 0 Å². The molecule has 0 bridgehead atoms. The molecule has 0 heterocycles. The van der Waals surface area contributed by atoms with Gasteiger partial charge in [-0.2, -0.15) is 0 Å². The highest BCUT2D eigenvalue weighted by Gasteiger charge is 2.26. The van der Waals surface area contributed by atoms with Crippen molar-refractivity contribution in [3.05, 3.63) is 62.2 Å². The number of aliphatic imine (C=N–C) groups is 1. The molecule has 1 amide bonds. The SMILES string of the molecule is CC1=CC(=NC(=O)c2ccc([N+](=O)[O-])cc2)C(C(C)C)=C(Cl)C1=O. The van der Waals surface area contributed by atoms with Crippen LogP contribution >= 0.6 is 11.6 Å². The fraction of sp³-hybridized carbons (Fsp3) is 0.235. The van der Waals surface area contributed by atoms with E-state index in [2.05, 4.69) is 4.99 Å². The first-order valence-electron chi connectivity index (χ1n) is 7.23. The number of ketones is 1. The van der Waals surface area contributed by atoms with E-state index in [9.17, 15) is 19.7 Å². The third kappa shape index (κ3) is 3.49. The maximum absolute atomic E-state index is 12.3. The first kappa shape index (κ1) is 17.7. The summed E-state index contributed by atoms with van der Waals surface area (Å²) in [5.41, 5.74) is 1.37. The summed E-state index contributed by atoms with van der Waals surface area (Å²) in [5.74, 6) is -0.919. The van der Waals surface area contributed by atoms with Crippen molar-refractivity contribution in [3.8, 4) is 0 Å². The molecule has 0 saturated heterocycles. The smallest absolute Gasteiger partial charge is 0.277 e. The zero-order chi connectivity index (χ0) is 18.0. The Morgan fingerprint density at radius 3 is 2.33 bits per heavy atom. The molecule has 6 nitrogen and oxygen atoms in total. The van der Waals surface area contributed by atoms with E-state index in [1.165, 1.54) is 30.3 Å². The molecular formula is C17H15ClN2O4. The molecule has 1 aromatic rings. The second-order valence-electron chi connectivity index (χ2n) is 5.65. The minimum atomic E-state index is -0.555. The number of halogens is 1. The molecule has 7 heteroatoms. The van der Waals surface area contributed by atoms with Crippen molar-refractivity contribution in [1.82, 2.24) is 0 Å². The number of nitro groups is 1. The van der Waals surface area contributed by atoms with Gasteiger partial charge in [-0.15, -0.1) is 0 Å². The Morgan fingerprint density at radius 1 is 1.25 bits per heavy atom. The Bertz CT molecular complexity index is 817. The first-order chi connectivity index (χ1) is 11.2. The quantitative estimate of drug-likeness (QED) is 0.472. The number of nitrogens with zero attached hydrogens (tertiary/aromatic N) is 2. The molecule has 0 atom stereocenters. The molecule has 1 aliphatic rings. The lowest BCUT2D eigenvalue weighted by atomic mass is 9.89. The highest BCUT2D eigenvalue weighted by atomic mass is 35.5. The monoisotopic (exact) mass is 346 g/mol. The third-order valence-electron chi connectivity index (χ3n) is 3.55. The Balaban J connectivity index is 2.42. The van der Waals surface area contributed by atoms with E-state index < -0.39 is 10.8 Å². The van der Waals surface area contributed by atoms with Crippen molar-refractivity contribution in [2.45, 2.75) is 20.8 Å². The average Bonchev–Trinajstić information content (AvgIpc) is 2.52. The van der Waals surface area contributed by atoms with Crippen molar-refractivity contribution in [1.29, 1.82) is 0 Å². The van der Waals surface area contributed by atoms with Gasteiger partial charge in [0.15, 0.2) is 0 Å². The summed E-state index contributed by atoms with van der Waals surface area (Å²) < 4.78 is 0. The first-order valence-corrected chi connectivity index (χ1v) is 7.60. The van der Waals surface area contributed by atoms with Gasteiger partial charge in [0, 0.05) is 28.8 Å². The number of amides is 1. The Kier molecular flexibility index (Phi) is 5.09. The molecule has 0 fully saturated rings. The number of carbonyl (C=O) groups excluding carboxylic acids is 2. The summed E-state index contributed by atoms with van der Waals surface area (Å²) in [4.78, 5) is 38.5. The van der Waals surface area contributed by atoms with Gasteiger partial charge < -0.3 is 0 Å². The third-order valence-corrected chi connectivity index (χ3v) is 3.92. The van der Waals surface area contributed by atoms with Crippen molar-refractivity contribution in [2.24, 2.45) is 10.9 Å². The number of non-ortho nitro benzene ring substituents is 1. The number of nitro benzene ring substituents is 1. The van der Waals surface area contributed by atoms with Crippen LogP contribution in [0.15, 0.2) is 51.5 Å². The molecule has 0 unspecified atom stereocenters. The molecule has 0 aromatic heterocycles. The fourth-order valence-corrected chi connectivity index (χ4v) is 2.76. The molecule has 24 heavy (non-hydrogen) atoms. The van der Waals surface area contributed by atoms with Crippen LogP contribution in [0.1, 0.15) is 31.1 Å². The molecule has 1 aliphatic carbocycles. The molecule has 0 spiro atoms. The van der Waals surface area contributed by atoms with E-state index in [4.69, 9.17) is 11.6 Å². The van der Waals surface area contributed by atoms with Crippen LogP contribution in [0.2, 0.25) is 0 Å². The van der Waals surface area contributed by atoms with Crippen LogP contribution in [-0.4, -0.2) is 22.3 Å². The summed E-state index contributed by atoms with van der Waals surface area (Å²) in [5, 5.41) is 10.7. The summed E-state index contributed by atoms with van der Waals surface area (Å²) in [6.07, 6.45) is 1.53. The van der Waals surface area contributed by atoms with Crippen molar-refractivity contribution in [2.75, 3.05) is 0 Å². The van der Waals surface area contributed by atoms with E-state index >= 15 is 0 Å². The zero-order valence-electron chi connectivity index (χ0n) is 13.4. The topological polar surface area (TPSA) is 89.6 Å². The van der Waals surface area contributed by atoms with Gasteiger partial charge in [0.2, 0.25) is 5.78 Å². The van der Waals surface area contributed by atoms with Gasteiger partial charge >= 0.3 is 0 Å².